The summed E-state index contributed by atoms with van der Waals surface area (Å²) in [5.41, 5.74) is 0. The van der Waals surface area contributed by atoms with Crippen LogP contribution in [0.15, 0.2) is 0 Å². The van der Waals surface area contributed by atoms with E-state index >= 15 is 0 Å². The number of rotatable bonds is 7. The zero-order valence-corrected chi connectivity index (χ0v) is 8.08. The van der Waals surface area contributed by atoms with Crippen LogP contribution in [0.4, 0.5) is 0 Å². The molecule has 0 aromatic carbocycles. The molecule has 0 spiro atoms. The van der Waals surface area contributed by atoms with Crippen LogP contribution >= 0.6 is 0 Å². The fourth-order valence-electron chi connectivity index (χ4n) is 1.19. The van der Waals surface area contributed by atoms with E-state index in [9.17, 15) is 0 Å². The molecule has 0 aromatic rings. The lowest BCUT2D eigenvalue weighted by atomic mass is 10.1. The molecule has 0 aliphatic heterocycles. The number of nitrogens with one attached hydrogen (secondary N) is 1. The van der Waals surface area contributed by atoms with Crippen LogP contribution in [0.5, 0.6) is 0 Å². The number of hydrogen-bond acceptors (Lipinski definition) is 3. The Morgan fingerprint density at radius 2 is 2.00 bits per heavy atom. The zero-order valence-electron chi connectivity index (χ0n) is 8.08. The molecule has 0 aliphatic carbocycles. The van der Waals surface area contributed by atoms with Crippen LogP contribution < -0.4 is 5.32 Å². The van der Waals surface area contributed by atoms with E-state index in [-0.39, 0.29) is 12.7 Å². The molecule has 0 heterocycles. The minimum Gasteiger partial charge on any atom is -0.396 e. The highest BCUT2D eigenvalue weighted by molar-refractivity contribution is 4.66. The topological polar surface area (TPSA) is 52.5 Å². The summed E-state index contributed by atoms with van der Waals surface area (Å²) in [5.74, 6) is 0. The average molecular weight is 175 g/mol. The predicted molar refractivity (Wildman–Crippen MR) is 50.1 cm³/mol. The minimum absolute atomic E-state index is 0.220. The van der Waals surface area contributed by atoms with Crippen molar-refractivity contribution in [1.29, 1.82) is 0 Å². The molecule has 12 heavy (non-hydrogen) atoms. The van der Waals surface area contributed by atoms with E-state index in [1.807, 2.05) is 0 Å². The van der Waals surface area contributed by atoms with Crippen LogP contribution in [0.3, 0.4) is 0 Å². The Balaban J connectivity index is 3.48. The second-order valence-corrected chi connectivity index (χ2v) is 3.26. The molecular weight excluding hydrogens is 154 g/mol. The zero-order chi connectivity index (χ0) is 9.40. The molecule has 3 nitrogen and oxygen atoms in total. The third-order valence-electron chi connectivity index (χ3n) is 1.82. The highest BCUT2D eigenvalue weighted by Crippen LogP contribution is 2.00. The van der Waals surface area contributed by atoms with Crippen molar-refractivity contribution in [2.24, 2.45) is 0 Å². The molecule has 3 N–H and O–H groups in total. The van der Waals surface area contributed by atoms with Crippen molar-refractivity contribution in [2.45, 2.75) is 45.3 Å². The maximum atomic E-state index is 9.01. The fraction of sp³-hybridized carbons (Fsp3) is 1.00. The maximum absolute atomic E-state index is 9.01. The van der Waals surface area contributed by atoms with Gasteiger partial charge in [-0.1, -0.05) is 13.3 Å². The van der Waals surface area contributed by atoms with Crippen LogP contribution in [0.2, 0.25) is 0 Å². The smallest absolute Gasteiger partial charge is 0.0636 e. The summed E-state index contributed by atoms with van der Waals surface area (Å²) >= 11 is 0. The van der Waals surface area contributed by atoms with E-state index in [1.54, 1.807) is 6.92 Å². The number of hydrogen-bond donors (Lipinski definition) is 3. The first-order valence-electron chi connectivity index (χ1n) is 4.73. The average Bonchev–Trinajstić information content (AvgIpc) is 2.01. The predicted octanol–water partition coefficient (Wildman–Crippen LogP) is 0.508. The van der Waals surface area contributed by atoms with Crippen molar-refractivity contribution in [3.05, 3.63) is 0 Å². The second kappa shape index (κ2) is 7.53. The lowest BCUT2D eigenvalue weighted by molar-refractivity contribution is 0.179. The molecule has 0 saturated heterocycles. The quantitative estimate of drug-likeness (QED) is 0.528. The summed E-state index contributed by atoms with van der Waals surface area (Å²) in [6, 6.07) is 0.356. The molecule has 2 atom stereocenters. The van der Waals surface area contributed by atoms with E-state index in [0.717, 1.165) is 19.3 Å². The van der Waals surface area contributed by atoms with Gasteiger partial charge in [0, 0.05) is 19.2 Å². The van der Waals surface area contributed by atoms with Gasteiger partial charge >= 0.3 is 0 Å². The van der Waals surface area contributed by atoms with Gasteiger partial charge in [-0.15, -0.1) is 0 Å². The largest absolute Gasteiger partial charge is 0.396 e. The van der Waals surface area contributed by atoms with E-state index in [1.165, 1.54) is 0 Å². The molecule has 0 aliphatic rings. The maximum Gasteiger partial charge on any atom is 0.0636 e. The van der Waals surface area contributed by atoms with Crippen molar-refractivity contribution >= 4 is 0 Å². The number of aliphatic hydroxyl groups excluding tert-OH is 2. The molecule has 74 valence electrons. The summed E-state index contributed by atoms with van der Waals surface area (Å²) < 4.78 is 0. The summed E-state index contributed by atoms with van der Waals surface area (Å²) in [7, 11) is 0. The van der Waals surface area contributed by atoms with Gasteiger partial charge in [0.25, 0.3) is 0 Å². The Bertz CT molecular complexity index is 90.5. The molecule has 0 bridgehead atoms. The molecule has 3 heteroatoms. The van der Waals surface area contributed by atoms with E-state index in [4.69, 9.17) is 10.2 Å². The Morgan fingerprint density at radius 3 is 2.42 bits per heavy atom. The van der Waals surface area contributed by atoms with Crippen molar-refractivity contribution in [1.82, 2.24) is 5.32 Å². The van der Waals surface area contributed by atoms with Gasteiger partial charge in [-0.2, -0.15) is 0 Å². The first-order chi connectivity index (χ1) is 5.70. The van der Waals surface area contributed by atoms with Crippen LogP contribution in [-0.2, 0) is 0 Å². The Kier molecular flexibility index (Phi) is 7.45. The lowest BCUT2D eigenvalue weighted by Gasteiger charge is -2.17. The molecule has 0 rings (SSSR count). The van der Waals surface area contributed by atoms with Crippen LogP contribution in [0.1, 0.15) is 33.1 Å². The van der Waals surface area contributed by atoms with Gasteiger partial charge < -0.3 is 15.5 Å². The number of aliphatic hydroxyl groups is 2. The van der Waals surface area contributed by atoms with Crippen molar-refractivity contribution in [3.8, 4) is 0 Å². The van der Waals surface area contributed by atoms with Crippen LogP contribution in [0, 0.1) is 0 Å². The molecule has 2 unspecified atom stereocenters. The van der Waals surface area contributed by atoms with Crippen LogP contribution in [0.25, 0.3) is 0 Å². The van der Waals surface area contributed by atoms with Crippen molar-refractivity contribution in [3.63, 3.8) is 0 Å². The van der Waals surface area contributed by atoms with Crippen molar-refractivity contribution in [2.75, 3.05) is 13.2 Å². The highest BCUT2D eigenvalue weighted by Gasteiger charge is 2.06. The minimum atomic E-state index is -0.303. The third kappa shape index (κ3) is 6.58. The molecule has 0 saturated carbocycles. The van der Waals surface area contributed by atoms with Crippen LogP contribution in [-0.4, -0.2) is 35.5 Å². The summed E-state index contributed by atoms with van der Waals surface area (Å²) in [6.07, 6.45) is 2.65. The molecule has 0 radical (unpaired) electrons. The second-order valence-electron chi connectivity index (χ2n) is 3.26. The molecule has 0 aromatic heterocycles. The van der Waals surface area contributed by atoms with Gasteiger partial charge in [-0.25, -0.2) is 0 Å². The normalized spacial score (nSPS) is 16.0. The first kappa shape index (κ1) is 11.9. The SMILES string of the molecule is CCCC(CCO)NCC(C)O. The Hall–Kier alpha value is -0.120. The van der Waals surface area contributed by atoms with Gasteiger partial charge in [-0.05, 0) is 19.8 Å². The van der Waals surface area contributed by atoms with Crippen molar-refractivity contribution < 1.29 is 10.2 Å². The monoisotopic (exact) mass is 175 g/mol. The van der Waals surface area contributed by atoms with Gasteiger partial charge in [0.15, 0.2) is 0 Å². The highest BCUT2D eigenvalue weighted by atomic mass is 16.3. The summed E-state index contributed by atoms with van der Waals surface area (Å²) in [5, 5.41) is 20.9. The standard InChI is InChI=1S/C9H21NO2/c1-3-4-9(5-6-11)10-7-8(2)12/h8-12H,3-7H2,1-2H3. The summed E-state index contributed by atoms with van der Waals surface area (Å²) in [6.45, 7) is 4.71. The Morgan fingerprint density at radius 1 is 1.33 bits per heavy atom. The van der Waals surface area contributed by atoms with Gasteiger partial charge in [0.2, 0.25) is 0 Å². The van der Waals surface area contributed by atoms with Gasteiger partial charge in [-0.3, -0.25) is 0 Å². The van der Waals surface area contributed by atoms with E-state index < -0.39 is 0 Å². The molecule has 0 amide bonds. The first-order valence-corrected chi connectivity index (χ1v) is 4.73. The van der Waals surface area contributed by atoms with E-state index in [0.29, 0.717) is 12.6 Å². The van der Waals surface area contributed by atoms with Gasteiger partial charge in [0.05, 0.1) is 6.10 Å². The Labute approximate surface area is 74.8 Å². The lowest BCUT2D eigenvalue weighted by Crippen LogP contribution is -2.35. The fourth-order valence-corrected chi connectivity index (χ4v) is 1.19. The van der Waals surface area contributed by atoms with E-state index in [2.05, 4.69) is 12.2 Å². The summed E-state index contributed by atoms with van der Waals surface area (Å²) in [4.78, 5) is 0. The molecule has 0 fully saturated rings. The van der Waals surface area contributed by atoms with Gasteiger partial charge in [0.1, 0.15) is 0 Å². The third-order valence-corrected chi connectivity index (χ3v) is 1.82. The molecular formula is C9H21NO2.